The van der Waals surface area contributed by atoms with Crippen molar-refractivity contribution in [3.63, 3.8) is 0 Å². The molecule has 0 saturated carbocycles. The third-order valence-electron chi connectivity index (χ3n) is 24.4. The van der Waals surface area contributed by atoms with Gasteiger partial charge >= 0.3 is 0 Å². The molecular weight excluding hydrogens is 1460 g/mol. The Hall–Kier alpha value is -16.2. The molecule has 0 unspecified atom stereocenters. The molecular formula is C112H70N8. The number of nitrogens with zero attached hydrogens (tertiary/aromatic N) is 8. The molecule has 0 aliphatic carbocycles. The summed E-state index contributed by atoms with van der Waals surface area (Å²) in [6.45, 7) is 0. The van der Waals surface area contributed by atoms with Gasteiger partial charge in [-0.3, -0.25) is 9.13 Å². The Bertz CT molecular complexity index is 8450. The molecule has 0 amide bonds. The minimum atomic E-state index is 0.648. The van der Waals surface area contributed by atoms with Crippen LogP contribution in [0.4, 0.5) is 0 Å². The zero-order valence-electron chi connectivity index (χ0n) is 65.0. The minimum Gasteiger partial charge on any atom is -0.309 e. The Kier molecular flexibility index (Phi) is 15.8. The van der Waals surface area contributed by atoms with Gasteiger partial charge in [0.15, 0.2) is 0 Å². The summed E-state index contributed by atoms with van der Waals surface area (Å²) in [6, 6.07) is 152. The van der Waals surface area contributed by atoms with Crippen molar-refractivity contribution in [2.45, 2.75) is 0 Å². The fourth-order valence-corrected chi connectivity index (χ4v) is 18.8. The second-order valence-electron chi connectivity index (χ2n) is 31.2. The van der Waals surface area contributed by atoms with Gasteiger partial charge in [0, 0.05) is 76.4 Å². The Balaban J connectivity index is 0.000000138. The van der Waals surface area contributed by atoms with E-state index in [0.717, 1.165) is 88.7 Å². The standard InChI is InChI=1S/C60H38N4.C52H32N4/c1-3-13-39(14-4-1)41-23-25-44(26-24-41)59-50-20-9-11-21-53(50)61-60(62-59)64-56-35-31-46(38-52(56)58-48-18-8-7-17-43(48)29-36-57(58)64)45-30-34-55-51(37-45)49-19-10-12-22-54(49)63(55)47-32-27-42(28-33-47)40-15-5-2-6-16-40;1-2-15-39(16-3-1)55-46-21-11-9-18-41(46)43-31-36(25-27-47(43)55)37-26-28-48-44(32-37)50-40-17-7-6-13-34(40)24-29-49(50)56(48)52-53-45-20-10-8-19-42(45)51(54-52)38-23-22-33-12-4-5-14-35(33)30-38/h1-38H;1-32H. The minimum absolute atomic E-state index is 0.648. The van der Waals surface area contributed by atoms with E-state index in [1.165, 1.54) is 131 Å². The van der Waals surface area contributed by atoms with E-state index in [4.69, 9.17) is 19.9 Å². The summed E-state index contributed by atoms with van der Waals surface area (Å²) in [4.78, 5) is 21.4. The van der Waals surface area contributed by atoms with Gasteiger partial charge in [0.05, 0.1) is 66.6 Å². The predicted molar refractivity (Wildman–Crippen MR) is 502 cm³/mol. The molecule has 0 atom stereocenters. The molecule has 0 radical (unpaired) electrons. The van der Waals surface area contributed by atoms with Crippen molar-refractivity contribution in [3.05, 3.63) is 425 Å². The molecule has 0 fully saturated rings. The normalized spacial score (nSPS) is 11.8. The molecule has 0 bridgehead atoms. The van der Waals surface area contributed by atoms with Crippen molar-refractivity contribution in [2.24, 2.45) is 0 Å². The lowest BCUT2D eigenvalue weighted by Gasteiger charge is -2.12. The second-order valence-corrected chi connectivity index (χ2v) is 31.2. The monoisotopic (exact) mass is 1530 g/mol. The predicted octanol–water partition coefficient (Wildman–Crippen LogP) is 29.1. The third kappa shape index (κ3) is 11.2. The van der Waals surface area contributed by atoms with E-state index in [1.807, 2.05) is 0 Å². The summed E-state index contributed by atoms with van der Waals surface area (Å²) >= 11 is 0. The molecule has 0 spiro atoms. The van der Waals surface area contributed by atoms with Gasteiger partial charge in [-0.25, -0.2) is 19.9 Å². The van der Waals surface area contributed by atoms with Crippen molar-refractivity contribution < 1.29 is 0 Å². The Morgan fingerprint density at radius 1 is 0.150 bits per heavy atom. The van der Waals surface area contributed by atoms with E-state index in [0.29, 0.717) is 11.9 Å². The van der Waals surface area contributed by atoms with E-state index in [2.05, 4.69) is 443 Å². The maximum Gasteiger partial charge on any atom is 0.235 e. The zero-order valence-corrected chi connectivity index (χ0v) is 65.0. The first kappa shape index (κ1) is 68.3. The zero-order chi connectivity index (χ0) is 78.9. The van der Waals surface area contributed by atoms with Crippen LogP contribution in [0.5, 0.6) is 0 Å². The Morgan fingerprint density at radius 2 is 0.458 bits per heavy atom. The molecule has 0 N–H and O–H groups in total. The maximum absolute atomic E-state index is 5.44. The SMILES string of the molecule is c1ccc(-c2ccc(-c3nc(-n4c5ccc(-c6ccc7c(c6)c6ccccc6n7-c6ccc(-c7ccccc7)cc6)cc5c5c6ccccc6ccc54)nc4ccccc34)cc2)cc1.c1ccc(-n2c3ccccc3c3cc(-c4ccc5c(c4)c4c6ccccc6ccc4n5-c4nc(-c5ccc6ccccc6c5)c5ccccc5n4)ccc32)cc1. The van der Waals surface area contributed by atoms with Gasteiger partial charge in [0.25, 0.3) is 0 Å². The molecule has 0 aliphatic rings. The van der Waals surface area contributed by atoms with Crippen molar-refractivity contribution in [1.29, 1.82) is 0 Å². The van der Waals surface area contributed by atoms with Gasteiger partial charge in [-0.05, 0) is 192 Å². The molecule has 6 aromatic heterocycles. The number of fused-ring (bicyclic) bond motifs is 19. The molecule has 19 aromatic carbocycles. The summed E-state index contributed by atoms with van der Waals surface area (Å²) in [6.07, 6.45) is 0. The summed E-state index contributed by atoms with van der Waals surface area (Å²) < 4.78 is 9.28. The lowest BCUT2D eigenvalue weighted by Crippen LogP contribution is -2.03. The van der Waals surface area contributed by atoms with Gasteiger partial charge in [0.2, 0.25) is 11.9 Å². The molecule has 25 rings (SSSR count). The molecule has 558 valence electrons. The summed E-state index contributed by atoms with van der Waals surface area (Å²) in [7, 11) is 0. The molecule has 6 heterocycles. The van der Waals surface area contributed by atoms with Crippen LogP contribution in [0.3, 0.4) is 0 Å². The van der Waals surface area contributed by atoms with Crippen molar-refractivity contribution in [2.75, 3.05) is 0 Å². The van der Waals surface area contributed by atoms with Gasteiger partial charge < -0.3 is 9.13 Å². The lowest BCUT2D eigenvalue weighted by molar-refractivity contribution is 1.01. The van der Waals surface area contributed by atoms with Crippen LogP contribution in [0.25, 0.3) is 232 Å². The van der Waals surface area contributed by atoms with E-state index in [9.17, 15) is 0 Å². The molecule has 25 aromatic rings. The number of hydrogen-bond acceptors (Lipinski definition) is 4. The van der Waals surface area contributed by atoms with E-state index in [-0.39, 0.29) is 0 Å². The number of para-hydroxylation sites is 5. The van der Waals surface area contributed by atoms with E-state index < -0.39 is 0 Å². The van der Waals surface area contributed by atoms with Gasteiger partial charge in [-0.2, -0.15) is 0 Å². The van der Waals surface area contributed by atoms with Crippen molar-refractivity contribution in [3.8, 4) is 90.3 Å². The average molecular weight is 1530 g/mol. The van der Waals surface area contributed by atoms with Crippen molar-refractivity contribution >= 4 is 141 Å². The smallest absolute Gasteiger partial charge is 0.235 e. The highest BCUT2D eigenvalue weighted by Gasteiger charge is 2.25. The second kappa shape index (κ2) is 27.8. The summed E-state index contributed by atoms with van der Waals surface area (Å²) in [5.74, 6) is 1.31. The van der Waals surface area contributed by atoms with Crippen LogP contribution in [0.15, 0.2) is 425 Å². The van der Waals surface area contributed by atoms with Crippen molar-refractivity contribution in [1.82, 2.24) is 38.2 Å². The molecule has 8 heteroatoms. The number of rotatable bonds is 10. The summed E-state index contributed by atoms with van der Waals surface area (Å²) in [5.41, 5.74) is 26.6. The van der Waals surface area contributed by atoms with Crippen LogP contribution in [0.2, 0.25) is 0 Å². The largest absolute Gasteiger partial charge is 0.309 e. The molecule has 0 saturated heterocycles. The molecule has 8 nitrogen and oxygen atoms in total. The van der Waals surface area contributed by atoms with Crippen LogP contribution in [-0.4, -0.2) is 38.2 Å². The first-order valence-corrected chi connectivity index (χ1v) is 40.9. The quantitative estimate of drug-likeness (QED) is 0.137. The van der Waals surface area contributed by atoms with Gasteiger partial charge in [-0.15, -0.1) is 0 Å². The lowest BCUT2D eigenvalue weighted by atomic mass is 9.99. The van der Waals surface area contributed by atoms with Crippen LogP contribution >= 0.6 is 0 Å². The maximum atomic E-state index is 5.44. The van der Waals surface area contributed by atoms with Crippen LogP contribution < -0.4 is 0 Å². The van der Waals surface area contributed by atoms with Crippen LogP contribution in [0, 0.1) is 0 Å². The number of aromatic nitrogens is 8. The van der Waals surface area contributed by atoms with Crippen LogP contribution in [-0.2, 0) is 0 Å². The average Bonchev–Trinajstić information content (AvgIpc) is 1.56. The summed E-state index contributed by atoms with van der Waals surface area (Å²) in [5, 5.41) is 18.9. The Morgan fingerprint density at radius 3 is 0.942 bits per heavy atom. The van der Waals surface area contributed by atoms with Gasteiger partial charge in [0.1, 0.15) is 0 Å². The number of hydrogen-bond donors (Lipinski definition) is 0. The molecule has 120 heavy (non-hydrogen) atoms. The van der Waals surface area contributed by atoms with E-state index in [1.54, 1.807) is 0 Å². The first-order chi connectivity index (χ1) is 59.5. The fourth-order valence-electron chi connectivity index (χ4n) is 18.8. The number of benzene rings is 19. The highest BCUT2D eigenvalue weighted by atomic mass is 15.2. The third-order valence-corrected chi connectivity index (χ3v) is 24.4. The van der Waals surface area contributed by atoms with Crippen LogP contribution in [0.1, 0.15) is 0 Å². The first-order valence-electron chi connectivity index (χ1n) is 40.9. The fraction of sp³-hybridized carbons (Fsp3) is 0. The highest BCUT2D eigenvalue weighted by molar-refractivity contribution is 6.24. The van der Waals surface area contributed by atoms with E-state index >= 15 is 0 Å². The highest BCUT2D eigenvalue weighted by Crippen LogP contribution is 2.45. The Labute approximate surface area is 689 Å². The topological polar surface area (TPSA) is 71.3 Å². The molecule has 0 aliphatic heterocycles. The van der Waals surface area contributed by atoms with Gasteiger partial charge in [-0.1, -0.05) is 309 Å².